The van der Waals surface area contributed by atoms with Gasteiger partial charge in [-0.25, -0.2) is 4.99 Å². The fourth-order valence-corrected chi connectivity index (χ4v) is 7.62. The van der Waals surface area contributed by atoms with Crippen LogP contribution < -0.4 is 17.0 Å². The Labute approximate surface area is 308 Å². The number of thioether (sulfide) groups is 1. The van der Waals surface area contributed by atoms with Crippen LogP contribution in [0.15, 0.2) is 77.8 Å². The van der Waals surface area contributed by atoms with Crippen LogP contribution in [0.5, 0.6) is 0 Å². The number of halogens is 3. The average Bonchev–Trinajstić information content (AvgIpc) is 2.93. The number of amidine groups is 1. The number of unbranched alkanes of at least 4 members (excludes halogenated alkanes) is 1. The molecule has 0 heterocycles. The summed E-state index contributed by atoms with van der Waals surface area (Å²) in [5.74, 6) is 0.839. The average molecular weight is 756 g/mol. The lowest BCUT2D eigenvalue weighted by atomic mass is 10.1. The lowest BCUT2D eigenvalue weighted by Gasteiger charge is -2.31. The molecule has 252 valence electrons. The zero-order valence-electron chi connectivity index (χ0n) is 29.3. The van der Waals surface area contributed by atoms with E-state index in [1.165, 1.54) is 50.1 Å². The van der Waals surface area contributed by atoms with Gasteiger partial charge in [0.05, 0.1) is 36.4 Å². The lowest BCUT2D eigenvalue weighted by molar-refractivity contribution is -0.903. The number of quaternary nitrogens is 1. The smallest absolute Gasteiger partial charge is 0.165 e. The minimum absolute atomic E-state index is 0. The van der Waals surface area contributed by atoms with E-state index in [0.29, 0.717) is 10.0 Å². The van der Waals surface area contributed by atoms with Crippen LogP contribution >= 0.6 is 35.0 Å². The topological polar surface area (TPSA) is 15.6 Å². The molecule has 0 aromatic heterocycles. The highest BCUT2D eigenvalue weighted by Crippen LogP contribution is 2.30. The summed E-state index contributed by atoms with van der Waals surface area (Å²) in [6, 6.07) is 26.2. The van der Waals surface area contributed by atoms with E-state index in [4.69, 9.17) is 28.2 Å². The first-order chi connectivity index (χ1) is 21.7. The molecule has 0 N–H and O–H groups in total. The third-order valence-electron chi connectivity index (χ3n) is 8.04. The Morgan fingerprint density at radius 1 is 0.660 bits per heavy atom. The standard InChI is InChI=1S/C40H50Cl2N3S.BrH/c1-28-15-29(2)19-34(18-28)25-44(13-9-10-14-45(7,8)26-35-20-30(3)16-31(4)21-35)40(43-37-11-12-38(41)39(42)24-37)46-27-36-22-32(5)17-33(6)23-36;/h11-12,15-24H,9-10,13-14,25-27H2,1-8H3;1H/q+1;/p-1. The first kappa shape index (κ1) is 39.2. The van der Waals surface area contributed by atoms with Gasteiger partial charge in [-0.3, -0.25) is 0 Å². The van der Waals surface area contributed by atoms with Gasteiger partial charge in [0.2, 0.25) is 0 Å². The van der Waals surface area contributed by atoms with Crippen LogP contribution in [-0.2, 0) is 18.8 Å². The Hall–Kier alpha value is -2.28. The Bertz CT molecular complexity index is 1620. The molecule has 0 spiro atoms. The van der Waals surface area contributed by atoms with E-state index in [2.05, 4.69) is 115 Å². The maximum absolute atomic E-state index is 6.45. The summed E-state index contributed by atoms with van der Waals surface area (Å²) in [7, 11) is 4.70. The highest BCUT2D eigenvalue weighted by atomic mass is 79.9. The Morgan fingerprint density at radius 2 is 1.17 bits per heavy atom. The van der Waals surface area contributed by atoms with Gasteiger partial charge in [-0.1, -0.05) is 123 Å². The van der Waals surface area contributed by atoms with Crippen LogP contribution in [0.3, 0.4) is 0 Å². The molecule has 47 heavy (non-hydrogen) atoms. The van der Waals surface area contributed by atoms with E-state index in [0.717, 1.165) is 60.1 Å². The largest absolute Gasteiger partial charge is 1.00 e. The van der Waals surface area contributed by atoms with Crippen molar-refractivity contribution in [2.24, 2.45) is 4.99 Å². The van der Waals surface area contributed by atoms with E-state index in [1.807, 2.05) is 18.2 Å². The van der Waals surface area contributed by atoms with E-state index in [1.54, 1.807) is 11.8 Å². The van der Waals surface area contributed by atoms with Gasteiger partial charge in [0.25, 0.3) is 0 Å². The van der Waals surface area contributed by atoms with Crippen molar-refractivity contribution < 1.29 is 21.5 Å². The second-order valence-corrected chi connectivity index (χ2v) is 15.5. The van der Waals surface area contributed by atoms with Crippen LogP contribution in [0.2, 0.25) is 10.0 Å². The van der Waals surface area contributed by atoms with Crippen molar-refractivity contribution in [3.63, 3.8) is 0 Å². The molecule has 0 fully saturated rings. The van der Waals surface area contributed by atoms with Crippen LogP contribution in [0.1, 0.15) is 62.9 Å². The maximum atomic E-state index is 6.45. The zero-order valence-corrected chi connectivity index (χ0v) is 33.2. The van der Waals surface area contributed by atoms with Gasteiger partial charge < -0.3 is 26.4 Å². The molecule has 0 atom stereocenters. The molecule has 0 unspecified atom stereocenters. The highest BCUT2D eigenvalue weighted by molar-refractivity contribution is 8.13. The van der Waals surface area contributed by atoms with Gasteiger partial charge >= 0.3 is 0 Å². The molecule has 7 heteroatoms. The molecule has 0 saturated carbocycles. The Balaban J connectivity index is 0.00000600. The first-order valence-corrected chi connectivity index (χ1v) is 17.9. The van der Waals surface area contributed by atoms with Gasteiger partial charge in [0, 0.05) is 24.4 Å². The molecule has 4 rings (SSSR count). The summed E-state index contributed by atoms with van der Waals surface area (Å²) in [5, 5.41) is 2.06. The molecular weight excluding hydrogens is 705 g/mol. The van der Waals surface area contributed by atoms with E-state index in [-0.39, 0.29) is 17.0 Å². The number of rotatable bonds is 12. The summed E-state index contributed by atoms with van der Waals surface area (Å²) < 4.78 is 0.964. The third kappa shape index (κ3) is 12.9. The molecule has 0 amide bonds. The van der Waals surface area contributed by atoms with Crippen molar-refractivity contribution in [2.75, 3.05) is 27.2 Å². The monoisotopic (exact) mass is 753 g/mol. The summed E-state index contributed by atoms with van der Waals surface area (Å²) in [6.07, 6.45) is 2.20. The van der Waals surface area contributed by atoms with Crippen molar-refractivity contribution >= 4 is 45.8 Å². The predicted molar refractivity (Wildman–Crippen MR) is 203 cm³/mol. The molecule has 0 bridgehead atoms. The summed E-state index contributed by atoms with van der Waals surface area (Å²) in [5.41, 5.74) is 12.6. The number of nitrogens with zero attached hydrogens (tertiary/aromatic N) is 3. The van der Waals surface area contributed by atoms with Gasteiger partial charge in [-0.2, -0.15) is 0 Å². The SMILES string of the molecule is Cc1cc(C)cc(CSC(=Nc2ccc(Cl)c(Cl)c2)N(CCCC[N+](C)(C)Cc2cc(C)cc(C)c2)Cc2cc(C)cc(C)c2)c1.[Br-]. The first-order valence-electron chi connectivity index (χ1n) is 16.2. The summed E-state index contributed by atoms with van der Waals surface area (Å²) in [6.45, 7) is 16.9. The highest BCUT2D eigenvalue weighted by Gasteiger charge is 2.19. The molecule has 0 aliphatic heterocycles. The third-order valence-corrected chi connectivity index (χ3v) is 9.86. The fraction of sp³-hybridized carbons (Fsp3) is 0.375. The second kappa shape index (κ2) is 17.9. The minimum atomic E-state index is 0. The number of aliphatic imine (C=N–C) groups is 1. The zero-order chi connectivity index (χ0) is 33.4. The van der Waals surface area contributed by atoms with Gasteiger partial charge in [0.1, 0.15) is 6.54 Å². The lowest BCUT2D eigenvalue weighted by Crippen LogP contribution is -3.00. The van der Waals surface area contributed by atoms with Crippen molar-refractivity contribution in [2.45, 2.75) is 73.2 Å². The number of hydrogen-bond donors (Lipinski definition) is 0. The molecule has 3 nitrogen and oxygen atoms in total. The summed E-state index contributed by atoms with van der Waals surface area (Å²) >= 11 is 14.5. The van der Waals surface area contributed by atoms with Crippen LogP contribution in [0.25, 0.3) is 0 Å². The van der Waals surface area contributed by atoms with Crippen LogP contribution in [0, 0.1) is 41.5 Å². The molecule has 4 aromatic carbocycles. The minimum Gasteiger partial charge on any atom is -1.00 e. The molecule has 4 aromatic rings. The maximum Gasteiger partial charge on any atom is 0.165 e. The molecular formula is C40H50BrCl2N3S. The molecule has 0 aliphatic carbocycles. The van der Waals surface area contributed by atoms with Gasteiger partial charge in [0.15, 0.2) is 5.17 Å². The Kier molecular flexibility index (Phi) is 14.9. The normalized spacial score (nSPS) is 11.8. The van der Waals surface area contributed by atoms with Crippen molar-refractivity contribution in [3.05, 3.63) is 133 Å². The summed E-state index contributed by atoms with van der Waals surface area (Å²) in [4.78, 5) is 7.69. The molecule has 0 aliphatic rings. The van der Waals surface area contributed by atoms with E-state index < -0.39 is 0 Å². The quantitative estimate of drug-likeness (QED) is 0.0626. The van der Waals surface area contributed by atoms with Gasteiger partial charge in [-0.05, 0) is 83.7 Å². The fourth-order valence-electron chi connectivity index (χ4n) is 6.36. The van der Waals surface area contributed by atoms with E-state index >= 15 is 0 Å². The van der Waals surface area contributed by atoms with E-state index in [9.17, 15) is 0 Å². The number of benzene rings is 4. The predicted octanol–water partition coefficient (Wildman–Crippen LogP) is 8.33. The van der Waals surface area contributed by atoms with Crippen LogP contribution in [-0.4, -0.2) is 41.7 Å². The number of hydrogen-bond acceptors (Lipinski definition) is 2. The number of aryl methyl sites for hydroxylation is 6. The van der Waals surface area contributed by atoms with Crippen molar-refractivity contribution in [1.82, 2.24) is 4.90 Å². The molecule has 0 saturated heterocycles. The Morgan fingerprint density at radius 3 is 1.70 bits per heavy atom. The van der Waals surface area contributed by atoms with Gasteiger partial charge in [-0.15, -0.1) is 0 Å². The second-order valence-electron chi connectivity index (χ2n) is 13.7. The van der Waals surface area contributed by atoms with Crippen LogP contribution in [0.4, 0.5) is 5.69 Å². The van der Waals surface area contributed by atoms with Crippen molar-refractivity contribution in [3.8, 4) is 0 Å². The van der Waals surface area contributed by atoms with Crippen molar-refractivity contribution in [1.29, 1.82) is 0 Å². The molecule has 0 radical (unpaired) electrons.